The van der Waals surface area contributed by atoms with Gasteiger partial charge in [0, 0.05) is 12.1 Å². The summed E-state index contributed by atoms with van der Waals surface area (Å²) in [6, 6.07) is 0. The molecule has 0 bridgehead atoms. The fourth-order valence-corrected chi connectivity index (χ4v) is 3.72. The van der Waals surface area contributed by atoms with Gasteiger partial charge < -0.3 is 11.1 Å². The van der Waals surface area contributed by atoms with Crippen LogP contribution in [0.5, 0.6) is 0 Å². The molecule has 16 heavy (non-hydrogen) atoms. The van der Waals surface area contributed by atoms with Crippen molar-refractivity contribution in [2.24, 2.45) is 28.9 Å². The normalized spacial score (nSPS) is 45.9. The highest BCUT2D eigenvalue weighted by atomic mass is 15.0. The van der Waals surface area contributed by atoms with E-state index in [1.54, 1.807) is 0 Å². The zero-order valence-electron chi connectivity index (χ0n) is 11.3. The molecule has 0 radical (unpaired) electrons. The van der Waals surface area contributed by atoms with Crippen LogP contribution in [0.2, 0.25) is 0 Å². The summed E-state index contributed by atoms with van der Waals surface area (Å²) in [6.07, 6.45) is 3.95. The molecule has 2 rings (SSSR count). The molecule has 0 aromatic rings. The summed E-state index contributed by atoms with van der Waals surface area (Å²) < 4.78 is 0. The van der Waals surface area contributed by atoms with Crippen molar-refractivity contribution >= 4 is 0 Å². The third-order valence-corrected chi connectivity index (χ3v) is 4.95. The maximum Gasteiger partial charge on any atom is 0.0335 e. The Morgan fingerprint density at radius 2 is 1.94 bits per heavy atom. The highest BCUT2D eigenvalue weighted by molar-refractivity contribution is 5.05. The summed E-state index contributed by atoms with van der Waals surface area (Å²) in [5.41, 5.74) is 6.73. The molecule has 2 aliphatic rings. The Kier molecular flexibility index (Phi) is 3.09. The van der Waals surface area contributed by atoms with Crippen LogP contribution in [0.15, 0.2) is 0 Å². The van der Waals surface area contributed by atoms with Gasteiger partial charge in [-0.2, -0.15) is 0 Å². The van der Waals surface area contributed by atoms with Gasteiger partial charge in [-0.3, -0.25) is 0 Å². The van der Waals surface area contributed by atoms with Crippen molar-refractivity contribution in [3.63, 3.8) is 0 Å². The van der Waals surface area contributed by atoms with Gasteiger partial charge in [-0.15, -0.1) is 0 Å². The quantitative estimate of drug-likeness (QED) is 0.769. The molecule has 2 heteroatoms. The van der Waals surface area contributed by atoms with E-state index in [0.29, 0.717) is 11.3 Å². The monoisotopic (exact) mass is 224 g/mol. The first-order valence-electron chi connectivity index (χ1n) is 6.84. The Morgan fingerprint density at radius 3 is 2.31 bits per heavy atom. The standard InChI is InChI=1S/C14H28N2/c1-10-5-12(10)7-16-14(9-15)8-13(3,4)6-11(14)2/h10-12,16H,5-9,15H2,1-4H3. The van der Waals surface area contributed by atoms with Gasteiger partial charge in [-0.1, -0.05) is 27.7 Å². The average Bonchev–Trinajstić information content (AvgIpc) is 2.82. The summed E-state index contributed by atoms with van der Waals surface area (Å²) in [7, 11) is 0. The SMILES string of the molecule is CC1CC1CNC1(CN)CC(C)(C)CC1C. The first kappa shape index (κ1) is 12.4. The molecule has 2 fully saturated rings. The number of nitrogens with two attached hydrogens (primary N) is 1. The number of rotatable bonds is 4. The molecule has 2 aliphatic carbocycles. The van der Waals surface area contributed by atoms with E-state index in [9.17, 15) is 0 Å². The predicted octanol–water partition coefficient (Wildman–Crippen LogP) is 2.39. The van der Waals surface area contributed by atoms with Crippen molar-refractivity contribution in [2.45, 2.75) is 52.5 Å². The minimum Gasteiger partial charge on any atom is -0.329 e. The van der Waals surface area contributed by atoms with Gasteiger partial charge in [0.05, 0.1) is 0 Å². The topological polar surface area (TPSA) is 38.0 Å². The zero-order chi connectivity index (χ0) is 12.0. The lowest BCUT2D eigenvalue weighted by atomic mass is 9.86. The van der Waals surface area contributed by atoms with Crippen molar-refractivity contribution in [1.29, 1.82) is 0 Å². The van der Waals surface area contributed by atoms with E-state index in [-0.39, 0.29) is 5.54 Å². The predicted molar refractivity (Wildman–Crippen MR) is 69.2 cm³/mol. The smallest absolute Gasteiger partial charge is 0.0335 e. The Hall–Kier alpha value is -0.0800. The van der Waals surface area contributed by atoms with Gasteiger partial charge in [-0.25, -0.2) is 0 Å². The van der Waals surface area contributed by atoms with Gasteiger partial charge in [-0.05, 0) is 49.0 Å². The third kappa shape index (κ3) is 2.28. The van der Waals surface area contributed by atoms with Gasteiger partial charge in [0.15, 0.2) is 0 Å². The summed E-state index contributed by atoms with van der Waals surface area (Å²) in [6.45, 7) is 11.4. The molecule has 94 valence electrons. The van der Waals surface area contributed by atoms with Gasteiger partial charge in [0.25, 0.3) is 0 Å². The maximum atomic E-state index is 6.06. The van der Waals surface area contributed by atoms with Crippen LogP contribution in [-0.2, 0) is 0 Å². The van der Waals surface area contributed by atoms with Crippen LogP contribution in [0, 0.1) is 23.2 Å². The molecule has 4 atom stereocenters. The fraction of sp³-hybridized carbons (Fsp3) is 1.00. The molecule has 2 nitrogen and oxygen atoms in total. The lowest BCUT2D eigenvalue weighted by Gasteiger charge is -2.35. The van der Waals surface area contributed by atoms with Crippen LogP contribution in [0.4, 0.5) is 0 Å². The molecule has 0 aromatic carbocycles. The molecule has 4 unspecified atom stereocenters. The van der Waals surface area contributed by atoms with Crippen molar-refractivity contribution in [2.75, 3.05) is 13.1 Å². The molecule has 0 saturated heterocycles. The number of nitrogens with one attached hydrogen (secondary N) is 1. The third-order valence-electron chi connectivity index (χ3n) is 4.95. The van der Waals surface area contributed by atoms with Crippen LogP contribution in [-0.4, -0.2) is 18.6 Å². The summed E-state index contributed by atoms with van der Waals surface area (Å²) in [5, 5.41) is 3.82. The molecule has 0 heterocycles. The Morgan fingerprint density at radius 1 is 1.31 bits per heavy atom. The number of hydrogen-bond donors (Lipinski definition) is 2. The second-order valence-electron chi connectivity index (χ2n) is 7.16. The van der Waals surface area contributed by atoms with Crippen molar-refractivity contribution < 1.29 is 0 Å². The van der Waals surface area contributed by atoms with Crippen LogP contribution in [0.1, 0.15) is 47.0 Å². The van der Waals surface area contributed by atoms with Crippen LogP contribution >= 0.6 is 0 Å². The van der Waals surface area contributed by atoms with Gasteiger partial charge >= 0.3 is 0 Å². The van der Waals surface area contributed by atoms with E-state index in [1.807, 2.05) is 0 Å². The minimum absolute atomic E-state index is 0.214. The molecular formula is C14H28N2. The highest BCUT2D eigenvalue weighted by Gasteiger charge is 2.48. The van der Waals surface area contributed by atoms with Gasteiger partial charge in [0.1, 0.15) is 0 Å². The van der Waals surface area contributed by atoms with E-state index in [0.717, 1.165) is 18.4 Å². The highest BCUT2D eigenvalue weighted by Crippen LogP contribution is 2.47. The van der Waals surface area contributed by atoms with Crippen LogP contribution in [0.3, 0.4) is 0 Å². The van der Waals surface area contributed by atoms with E-state index >= 15 is 0 Å². The van der Waals surface area contributed by atoms with Crippen molar-refractivity contribution in [3.8, 4) is 0 Å². The molecule has 2 saturated carbocycles. The molecular weight excluding hydrogens is 196 g/mol. The lowest BCUT2D eigenvalue weighted by molar-refractivity contribution is 0.252. The van der Waals surface area contributed by atoms with Gasteiger partial charge in [0.2, 0.25) is 0 Å². The Balaban J connectivity index is 1.96. The first-order valence-corrected chi connectivity index (χ1v) is 6.84. The fourth-order valence-electron chi connectivity index (χ4n) is 3.72. The van der Waals surface area contributed by atoms with E-state index in [4.69, 9.17) is 5.73 Å². The molecule has 0 aromatic heterocycles. The van der Waals surface area contributed by atoms with E-state index in [1.165, 1.54) is 25.8 Å². The maximum absolute atomic E-state index is 6.06. The Labute approximate surface area is 100 Å². The summed E-state index contributed by atoms with van der Waals surface area (Å²) >= 11 is 0. The average molecular weight is 224 g/mol. The van der Waals surface area contributed by atoms with Crippen molar-refractivity contribution in [3.05, 3.63) is 0 Å². The second-order valence-corrected chi connectivity index (χ2v) is 7.16. The second kappa shape index (κ2) is 3.99. The molecule has 3 N–H and O–H groups in total. The van der Waals surface area contributed by atoms with Crippen LogP contribution < -0.4 is 11.1 Å². The lowest BCUT2D eigenvalue weighted by Crippen LogP contribution is -2.54. The zero-order valence-corrected chi connectivity index (χ0v) is 11.3. The molecule has 0 spiro atoms. The molecule has 0 amide bonds. The summed E-state index contributed by atoms with van der Waals surface area (Å²) in [4.78, 5) is 0. The summed E-state index contributed by atoms with van der Waals surface area (Å²) in [5.74, 6) is 2.56. The molecule has 0 aliphatic heterocycles. The Bertz CT molecular complexity index is 261. The first-order chi connectivity index (χ1) is 7.38. The van der Waals surface area contributed by atoms with Crippen LogP contribution in [0.25, 0.3) is 0 Å². The van der Waals surface area contributed by atoms with E-state index in [2.05, 4.69) is 33.0 Å². The largest absolute Gasteiger partial charge is 0.329 e. The van der Waals surface area contributed by atoms with Crippen molar-refractivity contribution in [1.82, 2.24) is 5.32 Å². The van der Waals surface area contributed by atoms with E-state index < -0.39 is 0 Å². The minimum atomic E-state index is 0.214. The number of hydrogen-bond acceptors (Lipinski definition) is 2.